The molecule has 0 radical (unpaired) electrons. The second-order valence-corrected chi connectivity index (χ2v) is 6.17. The van der Waals surface area contributed by atoms with E-state index in [0.717, 1.165) is 0 Å². The number of hydrogen-bond acceptors (Lipinski definition) is 5. The first-order valence-electron chi connectivity index (χ1n) is 8.36. The van der Waals surface area contributed by atoms with Gasteiger partial charge in [0.1, 0.15) is 12.7 Å². The van der Waals surface area contributed by atoms with Gasteiger partial charge in [-0.15, -0.1) is 0 Å². The van der Waals surface area contributed by atoms with Gasteiger partial charge in [0.25, 0.3) is 5.91 Å². The zero-order valence-electron chi connectivity index (χ0n) is 14.4. The fourth-order valence-corrected chi connectivity index (χ4v) is 2.59. The summed E-state index contributed by atoms with van der Waals surface area (Å²) in [4.78, 5) is 23.5. The molecule has 1 atom stereocenters. The summed E-state index contributed by atoms with van der Waals surface area (Å²) in [6.45, 7) is 0.202. The summed E-state index contributed by atoms with van der Waals surface area (Å²) in [7, 11) is 0. The van der Waals surface area contributed by atoms with Gasteiger partial charge in [-0.05, 0) is 29.8 Å². The van der Waals surface area contributed by atoms with Crippen molar-refractivity contribution in [3.8, 4) is 11.5 Å². The summed E-state index contributed by atoms with van der Waals surface area (Å²) in [6.07, 6.45) is 2.45. The fraction of sp³-hybridized carbons (Fsp3) is 0.200. The quantitative estimate of drug-likeness (QED) is 0.609. The molecular formula is C20H18ClNO5. The third kappa shape index (κ3) is 5.49. The predicted octanol–water partition coefficient (Wildman–Crippen LogP) is 2.85. The molecule has 0 aromatic heterocycles. The molecule has 0 saturated heterocycles. The molecule has 0 aliphatic carbocycles. The molecule has 0 spiro atoms. The number of para-hydroxylation sites is 2. The maximum atomic E-state index is 11.8. The molecular weight excluding hydrogens is 370 g/mol. The molecule has 0 bridgehead atoms. The number of rotatable bonds is 6. The van der Waals surface area contributed by atoms with Gasteiger partial charge in [-0.1, -0.05) is 41.9 Å². The molecule has 140 valence electrons. The summed E-state index contributed by atoms with van der Waals surface area (Å²) in [5, 5.41) is 3.18. The number of halogens is 1. The zero-order chi connectivity index (χ0) is 19.1. The van der Waals surface area contributed by atoms with Crippen molar-refractivity contribution in [3.63, 3.8) is 0 Å². The van der Waals surface area contributed by atoms with Gasteiger partial charge >= 0.3 is 5.97 Å². The fourth-order valence-electron chi connectivity index (χ4n) is 2.40. The summed E-state index contributed by atoms with van der Waals surface area (Å²) >= 11 is 5.99. The Morgan fingerprint density at radius 1 is 1.15 bits per heavy atom. The third-order valence-corrected chi connectivity index (χ3v) is 4.09. The Hall–Kier alpha value is -2.99. The molecule has 0 unspecified atom stereocenters. The molecule has 2 aromatic rings. The van der Waals surface area contributed by atoms with Crippen LogP contribution in [0.5, 0.6) is 11.5 Å². The van der Waals surface area contributed by atoms with Gasteiger partial charge in [0.15, 0.2) is 18.1 Å². The average Bonchev–Trinajstić information content (AvgIpc) is 2.70. The lowest BCUT2D eigenvalue weighted by molar-refractivity contribution is -0.143. The van der Waals surface area contributed by atoms with E-state index < -0.39 is 11.9 Å². The number of nitrogens with one attached hydrogen (secondary N) is 1. The second kappa shape index (κ2) is 9.09. The van der Waals surface area contributed by atoms with Crippen LogP contribution in [0.15, 0.2) is 54.6 Å². The van der Waals surface area contributed by atoms with Crippen LogP contribution in [-0.4, -0.2) is 37.7 Å². The Labute approximate surface area is 161 Å². The van der Waals surface area contributed by atoms with Crippen LogP contribution >= 0.6 is 11.6 Å². The average molecular weight is 388 g/mol. The molecule has 1 amide bonds. The van der Waals surface area contributed by atoms with E-state index in [2.05, 4.69) is 5.32 Å². The molecule has 27 heavy (non-hydrogen) atoms. The first kappa shape index (κ1) is 18.8. The topological polar surface area (TPSA) is 73.9 Å². The number of amides is 1. The Morgan fingerprint density at radius 2 is 1.89 bits per heavy atom. The summed E-state index contributed by atoms with van der Waals surface area (Å²) in [6, 6.07) is 14.4. The zero-order valence-corrected chi connectivity index (χ0v) is 15.1. The number of ether oxygens (including phenoxy) is 3. The molecule has 1 aliphatic heterocycles. The standard InChI is InChI=1S/C20H18ClNO5/c21-16-6-2-1-5-14(16)9-10-20(24)26-13-19(23)22-11-15-12-25-17-7-3-4-8-18(17)27-15/h1-10,15H,11-13H2,(H,22,23)/b10-9+/t15-/m0/s1. The third-order valence-electron chi connectivity index (χ3n) is 3.74. The van der Waals surface area contributed by atoms with Crippen LogP contribution in [0.2, 0.25) is 5.02 Å². The smallest absolute Gasteiger partial charge is 0.331 e. The Morgan fingerprint density at radius 3 is 2.70 bits per heavy atom. The van der Waals surface area contributed by atoms with Gasteiger partial charge in [-0.2, -0.15) is 0 Å². The van der Waals surface area contributed by atoms with E-state index in [1.807, 2.05) is 18.2 Å². The van der Waals surface area contributed by atoms with Gasteiger partial charge in [-0.3, -0.25) is 4.79 Å². The summed E-state index contributed by atoms with van der Waals surface area (Å²) in [5.74, 6) is 0.270. The first-order chi connectivity index (χ1) is 13.1. The van der Waals surface area contributed by atoms with Crippen LogP contribution < -0.4 is 14.8 Å². The number of benzene rings is 2. The van der Waals surface area contributed by atoms with Gasteiger partial charge < -0.3 is 19.5 Å². The van der Waals surface area contributed by atoms with Crippen LogP contribution in [0.25, 0.3) is 6.08 Å². The summed E-state index contributed by atoms with van der Waals surface area (Å²) < 4.78 is 16.2. The van der Waals surface area contributed by atoms with Gasteiger partial charge in [0.05, 0.1) is 6.54 Å². The normalized spacial score (nSPS) is 15.4. The van der Waals surface area contributed by atoms with E-state index in [4.69, 9.17) is 25.8 Å². The molecule has 1 heterocycles. The molecule has 3 rings (SSSR count). The number of esters is 1. The van der Waals surface area contributed by atoms with Crippen molar-refractivity contribution in [2.45, 2.75) is 6.10 Å². The second-order valence-electron chi connectivity index (χ2n) is 5.76. The van der Waals surface area contributed by atoms with Crippen LogP contribution in [-0.2, 0) is 14.3 Å². The van der Waals surface area contributed by atoms with Crippen molar-refractivity contribution >= 4 is 29.6 Å². The van der Waals surface area contributed by atoms with Crippen molar-refractivity contribution in [1.29, 1.82) is 0 Å². The SMILES string of the molecule is O=C(COC(=O)/C=C/c1ccccc1Cl)NC[C@H]1COc2ccccc2O1. The van der Waals surface area contributed by atoms with Crippen molar-refractivity contribution in [2.24, 2.45) is 0 Å². The Balaban J connectivity index is 1.39. The van der Waals surface area contributed by atoms with Crippen molar-refractivity contribution in [3.05, 3.63) is 65.2 Å². The van der Waals surface area contributed by atoms with Crippen LogP contribution in [0.3, 0.4) is 0 Å². The summed E-state index contributed by atoms with van der Waals surface area (Å²) in [5.41, 5.74) is 0.690. The highest BCUT2D eigenvalue weighted by atomic mass is 35.5. The lowest BCUT2D eigenvalue weighted by atomic mass is 10.2. The monoisotopic (exact) mass is 387 g/mol. The molecule has 1 N–H and O–H groups in total. The van der Waals surface area contributed by atoms with Gasteiger partial charge in [-0.25, -0.2) is 4.79 Å². The van der Waals surface area contributed by atoms with E-state index in [1.54, 1.807) is 30.3 Å². The van der Waals surface area contributed by atoms with Crippen molar-refractivity contribution in [2.75, 3.05) is 19.8 Å². The van der Waals surface area contributed by atoms with E-state index in [1.165, 1.54) is 12.2 Å². The predicted molar refractivity (Wildman–Crippen MR) is 101 cm³/mol. The van der Waals surface area contributed by atoms with Crippen LogP contribution in [0.1, 0.15) is 5.56 Å². The van der Waals surface area contributed by atoms with E-state index >= 15 is 0 Å². The van der Waals surface area contributed by atoms with Crippen molar-refractivity contribution in [1.82, 2.24) is 5.32 Å². The largest absolute Gasteiger partial charge is 0.486 e. The lowest BCUT2D eigenvalue weighted by Gasteiger charge is -2.26. The minimum Gasteiger partial charge on any atom is -0.486 e. The molecule has 7 heteroatoms. The maximum Gasteiger partial charge on any atom is 0.331 e. The van der Waals surface area contributed by atoms with Crippen molar-refractivity contribution < 1.29 is 23.8 Å². The highest BCUT2D eigenvalue weighted by molar-refractivity contribution is 6.32. The van der Waals surface area contributed by atoms with Crippen LogP contribution in [0.4, 0.5) is 0 Å². The maximum absolute atomic E-state index is 11.8. The lowest BCUT2D eigenvalue weighted by Crippen LogP contribution is -2.42. The van der Waals surface area contributed by atoms with Gasteiger partial charge in [0.2, 0.25) is 0 Å². The van der Waals surface area contributed by atoms with E-state index in [-0.39, 0.29) is 19.3 Å². The minimum atomic E-state index is -0.628. The number of fused-ring (bicyclic) bond motifs is 1. The highest BCUT2D eigenvalue weighted by Gasteiger charge is 2.21. The highest BCUT2D eigenvalue weighted by Crippen LogP contribution is 2.30. The molecule has 2 aromatic carbocycles. The van der Waals surface area contributed by atoms with E-state index in [0.29, 0.717) is 28.7 Å². The molecule has 6 nitrogen and oxygen atoms in total. The number of carbonyl (C=O) groups is 2. The van der Waals surface area contributed by atoms with E-state index in [9.17, 15) is 9.59 Å². The molecule has 0 saturated carbocycles. The Bertz CT molecular complexity index is 852. The first-order valence-corrected chi connectivity index (χ1v) is 8.74. The number of carbonyl (C=O) groups excluding carboxylic acids is 2. The number of hydrogen-bond donors (Lipinski definition) is 1. The molecule has 1 aliphatic rings. The van der Waals surface area contributed by atoms with Gasteiger partial charge in [0, 0.05) is 11.1 Å². The van der Waals surface area contributed by atoms with Crippen LogP contribution in [0, 0.1) is 0 Å². The minimum absolute atomic E-state index is 0.250. The Kier molecular flexibility index (Phi) is 6.33. The molecule has 0 fully saturated rings.